The van der Waals surface area contributed by atoms with Crippen LogP contribution in [0, 0.1) is 17.6 Å². The van der Waals surface area contributed by atoms with Gasteiger partial charge in [0.05, 0.1) is 0 Å². The summed E-state index contributed by atoms with van der Waals surface area (Å²) < 4.78 is 27.9. The molecule has 2 heterocycles. The van der Waals surface area contributed by atoms with Crippen molar-refractivity contribution in [3.63, 3.8) is 0 Å². The van der Waals surface area contributed by atoms with Gasteiger partial charge in [-0.1, -0.05) is 6.07 Å². The minimum absolute atomic E-state index is 0.0564. The fourth-order valence-corrected chi connectivity index (χ4v) is 3.25. The average Bonchev–Trinajstić information content (AvgIpc) is 2.59. The van der Waals surface area contributed by atoms with E-state index < -0.39 is 11.6 Å². The minimum Gasteiger partial charge on any atom is -0.352 e. The Hall–Kier alpha value is -2.24. The van der Waals surface area contributed by atoms with Crippen molar-refractivity contribution in [2.75, 3.05) is 18.0 Å². The molecule has 128 valence electrons. The number of halogens is 2. The molecular formula is C18H21F2N3O. The van der Waals surface area contributed by atoms with Gasteiger partial charge in [0.25, 0.3) is 5.56 Å². The fourth-order valence-electron chi connectivity index (χ4n) is 3.25. The first kappa shape index (κ1) is 16.6. The number of benzene rings is 1. The molecule has 0 amide bonds. The van der Waals surface area contributed by atoms with Crippen molar-refractivity contribution in [2.24, 2.45) is 5.92 Å². The normalized spacial score (nSPS) is 15.7. The van der Waals surface area contributed by atoms with E-state index in [0.717, 1.165) is 37.9 Å². The zero-order valence-electron chi connectivity index (χ0n) is 13.7. The SMILES string of the molecule is CCn1ccnc(N2CCC(Cc3ccc(F)c(F)c3)CC2)c1=O. The van der Waals surface area contributed by atoms with Gasteiger partial charge in [0.1, 0.15) is 0 Å². The third-order valence-electron chi connectivity index (χ3n) is 4.66. The third-order valence-corrected chi connectivity index (χ3v) is 4.66. The van der Waals surface area contributed by atoms with E-state index in [1.165, 1.54) is 12.1 Å². The van der Waals surface area contributed by atoms with Gasteiger partial charge in [0.2, 0.25) is 0 Å². The van der Waals surface area contributed by atoms with E-state index in [4.69, 9.17) is 0 Å². The molecule has 1 aliphatic rings. The van der Waals surface area contributed by atoms with E-state index in [1.54, 1.807) is 23.0 Å². The van der Waals surface area contributed by atoms with Gasteiger partial charge in [-0.3, -0.25) is 4.79 Å². The predicted molar refractivity (Wildman–Crippen MR) is 89.2 cm³/mol. The first-order chi connectivity index (χ1) is 11.6. The number of aromatic nitrogens is 2. The molecule has 6 heteroatoms. The van der Waals surface area contributed by atoms with Gasteiger partial charge >= 0.3 is 0 Å². The van der Waals surface area contributed by atoms with Crippen LogP contribution in [0.4, 0.5) is 14.6 Å². The van der Waals surface area contributed by atoms with Gasteiger partial charge in [-0.2, -0.15) is 0 Å². The van der Waals surface area contributed by atoms with Gasteiger partial charge in [-0.05, 0) is 49.8 Å². The summed E-state index contributed by atoms with van der Waals surface area (Å²) in [5.74, 6) is -0.691. The topological polar surface area (TPSA) is 38.1 Å². The second kappa shape index (κ2) is 7.11. The van der Waals surface area contributed by atoms with E-state index in [-0.39, 0.29) is 5.56 Å². The largest absolute Gasteiger partial charge is 0.352 e. The van der Waals surface area contributed by atoms with Crippen molar-refractivity contribution in [1.29, 1.82) is 0 Å². The maximum Gasteiger partial charge on any atom is 0.293 e. The molecule has 0 spiro atoms. The van der Waals surface area contributed by atoms with Crippen molar-refractivity contribution in [3.05, 3.63) is 58.1 Å². The molecule has 1 aliphatic heterocycles. The molecule has 0 saturated carbocycles. The summed E-state index contributed by atoms with van der Waals surface area (Å²) in [6, 6.07) is 4.10. The lowest BCUT2D eigenvalue weighted by atomic mass is 9.90. The molecule has 1 saturated heterocycles. The van der Waals surface area contributed by atoms with Crippen LogP contribution in [0.5, 0.6) is 0 Å². The average molecular weight is 333 g/mol. The molecule has 0 unspecified atom stereocenters. The van der Waals surface area contributed by atoms with Crippen LogP contribution in [0.15, 0.2) is 35.4 Å². The Labute approximate surface area is 139 Å². The number of hydrogen-bond acceptors (Lipinski definition) is 3. The van der Waals surface area contributed by atoms with Crippen LogP contribution in [0.25, 0.3) is 0 Å². The Balaban J connectivity index is 1.63. The molecule has 24 heavy (non-hydrogen) atoms. The van der Waals surface area contributed by atoms with Crippen LogP contribution in [-0.4, -0.2) is 22.6 Å². The van der Waals surface area contributed by atoms with Crippen LogP contribution in [0.2, 0.25) is 0 Å². The summed E-state index contributed by atoms with van der Waals surface area (Å²) in [6.45, 7) is 4.06. The van der Waals surface area contributed by atoms with Gasteiger partial charge in [0, 0.05) is 32.0 Å². The maximum atomic E-state index is 13.3. The van der Waals surface area contributed by atoms with Crippen molar-refractivity contribution >= 4 is 5.82 Å². The number of hydrogen-bond donors (Lipinski definition) is 0. The lowest BCUT2D eigenvalue weighted by molar-refractivity contribution is 0.399. The summed E-state index contributed by atoms with van der Waals surface area (Å²) in [6.07, 6.45) is 5.89. The highest BCUT2D eigenvalue weighted by Gasteiger charge is 2.22. The molecule has 0 bridgehead atoms. The Morgan fingerprint density at radius 1 is 1.21 bits per heavy atom. The van der Waals surface area contributed by atoms with E-state index in [9.17, 15) is 13.6 Å². The number of anilines is 1. The van der Waals surface area contributed by atoms with E-state index in [1.807, 2.05) is 11.8 Å². The van der Waals surface area contributed by atoms with Crippen LogP contribution in [0.3, 0.4) is 0 Å². The molecule has 0 N–H and O–H groups in total. The summed E-state index contributed by atoms with van der Waals surface area (Å²) >= 11 is 0. The summed E-state index contributed by atoms with van der Waals surface area (Å²) in [5, 5.41) is 0. The molecular weight excluding hydrogens is 312 g/mol. The smallest absolute Gasteiger partial charge is 0.293 e. The number of piperidine rings is 1. The quantitative estimate of drug-likeness (QED) is 0.863. The van der Waals surface area contributed by atoms with Crippen molar-refractivity contribution in [2.45, 2.75) is 32.7 Å². The highest BCUT2D eigenvalue weighted by molar-refractivity contribution is 5.36. The van der Waals surface area contributed by atoms with E-state index in [2.05, 4.69) is 4.98 Å². The van der Waals surface area contributed by atoms with E-state index >= 15 is 0 Å². The van der Waals surface area contributed by atoms with Crippen molar-refractivity contribution in [3.8, 4) is 0 Å². The highest BCUT2D eigenvalue weighted by atomic mass is 19.2. The first-order valence-corrected chi connectivity index (χ1v) is 8.32. The van der Waals surface area contributed by atoms with E-state index in [0.29, 0.717) is 18.3 Å². The van der Waals surface area contributed by atoms with Gasteiger partial charge in [0.15, 0.2) is 17.5 Å². The standard InChI is InChI=1S/C18H21F2N3O/c1-2-22-10-7-21-17(18(22)24)23-8-5-13(6-9-23)11-14-3-4-15(19)16(20)12-14/h3-4,7,10,12-13H,2,5-6,8-9,11H2,1H3. The van der Waals surface area contributed by atoms with Crippen LogP contribution in [-0.2, 0) is 13.0 Å². The second-order valence-corrected chi connectivity index (χ2v) is 6.23. The molecule has 1 aromatic carbocycles. The molecule has 0 aliphatic carbocycles. The molecule has 0 radical (unpaired) electrons. The van der Waals surface area contributed by atoms with Crippen LogP contribution in [0.1, 0.15) is 25.3 Å². The summed E-state index contributed by atoms with van der Waals surface area (Å²) in [7, 11) is 0. The molecule has 0 atom stereocenters. The van der Waals surface area contributed by atoms with Crippen LogP contribution >= 0.6 is 0 Å². The van der Waals surface area contributed by atoms with Crippen molar-refractivity contribution in [1.82, 2.24) is 9.55 Å². The first-order valence-electron chi connectivity index (χ1n) is 8.32. The van der Waals surface area contributed by atoms with Gasteiger partial charge < -0.3 is 9.47 Å². The minimum atomic E-state index is -0.809. The highest BCUT2D eigenvalue weighted by Crippen LogP contribution is 2.24. The summed E-state index contributed by atoms with van der Waals surface area (Å²) in [5.41, 5.74) is 0.762. The van der Waals surface area contributed by atoms with Crippen molar-refractivity contribution < 1.29 is 8.78 Å². The predicted octanol–water partition coefficient (Wildman–Crippen LogP) is 3.00. The van der Waals surface area contributed by atoms with Gasteiger partial charge in [-0.25, -0.2) is 13.8 Å². The Kier molecular flexibility index (Phi) is 4.92. The monoisotopic (exact) mass is 333 g/mol. The lowest BCUT2D eigenvalue weighted by Gasteiger charge is -2.32. The fraction of sp³-hybridized carbons (Fsp3) is 0.444. The maximum absolute atomic E-state index is 13.3. The zero-order valence-corrected chi connectivity index (χ0v) is 13.7. The van der Waals surface area contributed by atoms with Crippen LogP contribution < -0.4 is 10.5 Å². The Morgan fingerprint density at radius 2 is 1.96 bits per heavy atom. The third kappa shape index (κ3) is 3.47. The molecule has 4 nitrogen and oxygen atoms in total. The number of nitrogens with zero attached hydrogens (tertiary/aromatic N) is 3. The molecule has 1 aromatic heterocycles. The zero-order chi connectivity index (χ0) is 17.1. The lowest BCUT2D eigenvalue weighted by Crippen LogP contribution is -2.39. The Morgan fingerprint density at radius 3 is 2.62 bits per heavy atom. The summed E-state index contributed by atoms with van der Waals surface area (Å²) in [4.78, 5) is 18.6. The number of rotatable bonds is 4. The second-order valence-electron chi connectivity index (χ2n) is 6.23. The Bertz CT molecular complexity index is 767. The molecule has 3 rings (SSSR count). The molecule has 1 fully saturated rings. The molecule has 2 aromatic rings. The van der Waals surface area contributed by atoms with Gasteiger partial charge in [-0.15, -0.1) is 0 Å². The number of aryl methyl sites for hydroxylation is 1.